The van der Waals surface area contributed by atoms with E-state index in [0.717, 1.165) is 45.8 Å². The molecule has 1 aromatic carbocycles. The molecular weight excluding hydrogens is 262 g/mol. The molecule has 0 aliphatic carbocycles. The molecule has 2 aliphatic rings. The summed E-state index contributed by atoms with van der Waals surface area (Å²) in [5.74, 6) is 0.194. The van der Waals surface area contributed by atoms with Crippen molar-refractivity contribution in [1.82, 2.24) is 14.7 Å². The molecular formula is C17H25N3O. The summed E-state index contributed by atoms with van der Waals surface area (Å²) in [6.07, 6.45) is 1.02. The fourth-order valence-electron chi connectivity index (χ4n) is 3.76. The highest BCUT2D eigenvalue weighted by atomic mass is 16.2. The number of benzene rings is 1. The Morgan fingerprint density at radius 3 is 2.62 bits per heavy atom. The van der Waals surface area contributed by atoms with Crippen molar-refractivity contribution in [3.63, 3.8) is 0 Å². The van der Waals surface area contributed by atoms with E-state index in [1.165, 1.54) is 5.56 Å². The lowest BCUT2D eigenvalue weighted by atomic mass is 9.87. The van der Waals surface area contributed by atoms with E-state index in [1.54, 1.807) is 6.92 Å². The van der Waals surface area contributed by atoms with Crippen LogP contribution >= 0.6 is 0 Å². The second kappa shape index (κ2) is 5.78. The average Bonchev–Trinajstić information content (AvgIpc) is 2.86. The Kier molecular flexibility index (Phi) is 4.00. The van der Waals surface area contributed by atoms with Crippen LogP contribution in [0.4, 0.5) is 0 Å². The van der Waals surface area contributed by atoms with Crippen LogP contribution < -0.4 is 0 Å². The van der Waals surface area contributed by atoms with Crippen molar-refractivity contribution < 1.29 is 4.79 Å². The summed E-state index contributed by atoms with van der Waals surface area (Å²) in [5.41, 5.74) is 1.45. The van der Waals surface area contributed by atoms with Gasteiger partial charge in [0.2, 0.25) is 5.91 Å². The molecule has 3 rings (SSSR count). The van der Waals surface area contributed by atoms with Gasteiger partial charge in [-0.2, -0.15) is 0 Å². The molecule has 0 aromatic heterocycles. The Bertz CT molecular complexity index is 504. The minimum atomic E-state index is 0.0846. The number of hydrogen-bond acceptors (Lipinski definition) is 3. The van der Waals surface area contributed by atoms with Crippen molar-refractivity contribution in [2.75, 3.05) is 39.4 Å². The Hall–Kier alpha value is -1.39. The maximum absolute atomic E-state index is 11.8. The number of fused-ring (bicyclic) bond motifs is 1. The number of likely N-dealkylation sites (N-methyl/N-ethyl adjacent to an activating group) is 1. The third-order valence-electron chi connectivity index (χ3n) is 4.97. The van der Waals surface area contributed by atoms with Crippen molar-refractivity contribution >= 4 is 5.91 Å². The minimum Gasteiger partial charge on any atom is -0.328 e. The molecule has 2 aliphatic heterocycles. The van der Waals surface area contributed by atoms with Gasteiger partial charge < -0.3 is 9.80 Å². The summed E-state index contributed by atoms with van der Waals surface area (Å²) < 4.78 is 0. The van der Waals surface area contributed by atoms with E-state index >= 15 is 0 Å². The number of carbonyl (C=O) groups excluding carboxylic acids is 1. The van der Waals surface area contributed by atoms with Crippen LogP contribution in [0.5, 0.6) is 0 Å². The van der Waals surface area contributed by atoms with Crippen LogP contribution in [0.15, 0.2) is 30.3 Å². The summed E-state index contributed by atoms with van der Waals surface area (Å²) in [7, 11) is 0. The van der Waals surface area contributed by atoms with Gasteiger partial charge in [-0.05, 0) is 18.5 Å². The molecule has 2 heterocycles. The first-order valence-electron chi connectivity index (χ1n) is 7.90. The summed E-state index contributed by atoms with van der Waals surface area (Å²) in [6, 6.07) is 10.7. The van der Waals surface area contributed by atoms with Crippen LogP contribution in [0, 0.1) is 0 Å². The fourth-order valence-corrected chi connectivity index (χ4v) is 3.76. The predicted octanol–water partition coefficient (Wildman–Crippen LogP) is 1.42. The Labute approximate surface area is 127 Å². The first-order chi connectivity index (χ1) is 10.1. The highest BCUT2D eigenvalue weighted by Crippen LogP contribution is 2.32. The van der Waals surface area contributed by atoms with Gasteiger partial charge in [-0.15, -0.1) is 0 Å². The molecule has 0 radical (unpaired) electrons. The van der Waals surface area contributed by atoms with Gasteiger partial charge in [0.25, 0.3) is 0 Å². The van der Waals surface area contributed by atoms with E-state index in [1.807, 2.05) is 4.90 Å². The summed E-state index contributed by atoms with van der Waals surface area (Å²) in [5, 5.41) is 0. The maximum Gasteiger partial charge on any atom is 0.220 e. The number of hydrogen-bond donors (Lipinski definition) is 0. The smallest absolute Gasteiger partial charge is 0.220 e. The molecule has 0 saturated carbocycles. The zero-order chi connectivity index (χ0) is 14.9. The van der Waals surface area contributed by atoms with Gasteiger partial charge in [-0.1, -0.05) is 37.3 Å². The van der Waals surface area contributed by atoms with Crippen LogP contribution in [0.3, 0.4) is 0 Å². The molecule has 1 amide bonds. The summed E-state index contributed by atoms with van der Waals surface area (Å²) in [6.45, 7) is 9.87. The largest absolute Gasteiger partial charge is 0.328 e. The van der Waals surface area contributed by atoms with Crippen molar-refractivity contribution in [3.8, 4) is 0 Å². The van der Waals surface area contributed by atoms with E-state index in [-0.39, 0.29) is 11.4 Å². The van der Waals surface area contributed by atoms with E-state index in [2.05, 4.69) is 47.1 Å². The van der Waals surface area contributed by atoms with Crippen LogP contribution in [0.2, 0.25) is 0 Å². The highest BCUT2D eigenvalue weighted by Gasteiger charge is 2.48. The number of piperazine rings is 1. The van der Waals surface area contributed by atoms with Crippen LogP contribution in [-0.2, 0) is 11.2 Å². The van der Waals surface area contributed by atoms with Crippen molar-refractivity contribution in [3.05, 3.63) is 35.9 Å². The lowest BCUT2D eigenvalue weighted by molar-refractivity contribution is -0.128. The lowest BCUT2D eigenvalue weighted by Crippen LogP contribution is -2.61. The predicted molar refractivity (Wildman–Crippen MR) is 84.0 cm³/mol. The number of amides is 1. The van der Waals surface area contributed by atoms with Gasteiger partial charge in [0, 0.05) is 33.1 Å². The summed E-state index contributed by atoms with van der Waals surface area (Å²) >= 11 is 0. The molecule has 1 unspecified atom stereocenters. The Morgan fingerprint density at radius 2 is 1.95 bits per heavy atom. The van der Waals surface area contributed by atoms with Crippen molar-refractivity contribution in [1.29, 1.82) is 0 Å². The number of rotatable bonds is 3. The fraction of sp³-hybridized carbons (Fsp3) is 0.588. The molecule has 0 N–H and O–H groups in total. The van der Waals surface area contributed by atoms with E-state index < -0.39 is 0 Å². The molecule has 2 saturated heterocycles. The highest BCUT2D eigenvalue weighted by molar-refractivity contribution is 5.73. The van der Waals surface area contributed by atoms with Gasteiger partial charge in [-0.25, -0.2) is 0 Å². The van der Waals surface area contributed by atoms with E-state index in [9.17, 15) is 4.79 Å². The number of carbonyl (C=O) groups is 1. The van der Waals surface area contributed by atoms with E-state index in [0.29, 0.717) is 0 Å². The quantitative estimate of drug-likeness (QED) is 0.841. The van der Waals surface area contributed by atoms with Crippen LogP contribution in [0.25, 0.3) is 0 Å². The summed E-state index contributed by atoms with van der Waals surface area (Å²) in [4.78, 5) is 18.9. The topological polar surface area (TPSA) is 26.8 Å². The molecule has 4 heteroatoms. The molecule has 0 spiro atoms. The zero-order valence-corrected chi connectivity index (χ0v) is 13.1. The Morgan fingerprint density at radius 1 is 1.19 bits per heavy atom. The molecule has 21 heavy (non-hydrogen) atoms. The molecule has 114 valence electrons. The molecule has 0 bridgehead atoms. The third kappa shape index (κ3) is 2.83. The number of nitrogens with zero attached hydrogens (tertiary/aromatic N) is 3. The zero-order valence-electron chi connectivity index (χ0n) is 13.1. The maximum atomic E-state index is 11.8. The van der Waals surface area contributed by atoms with Gasteiger partial charge in [0.1, 0.15) is 0 Å². The first-order valence-corrected chi connectivity index (χ1v) is 7.90. The average molecular weight is 287 g/mol. The lowest BCUT2D eigenvalue weighted by Gasteiger charge is -2.46. The van der Waals surface area contributed by atoms with Crippen molar-refractivity contribution in [2.45, 2.75) is 25.8 Å². The standard InChI is InChI=1S/C17H25N3O/c1-3-18-9-10-20-14-19(15(2)21)13-17(20,12-18)11-16-7-5-4-6-8-16/h4-8H,3,9-14H2,1-2H3. The molecule has 1 aromatic rings. The van der Waals surface area contributed by atoms with Gasteiger partial charge in [-0.3, -0.25) is 9.69 Å². The molecule has 2 fully saturated rings. The first kappa shape index (κ1) is 14.5. The monoisotopic (exact) mass is 287 g/mol. The van der Waals surface area contributed by atoms with Gasteiger partial charge >= 0.3 is 0 Å². The second-order valence-electron chi connectivity index (χ2n) is 6.38. The van der Waals surface area contributed by atoms with Crippen LogP contribution in [-0.4, -0.2) is 65.5 Å². The Balaban J connectivity index is 1.86. The SMILES string of the molecule is CCN1CCN2CN(C(C)=O)CC2(Cc2ccccc2)C1. The molecule has 1 atom stereocenters. The van der Waals surface area contributed by atoms with E-state index in [4.69, 9.17) is 0 Å². The molecule has 4 nitrogen and oxygen atoms in total. The van der Waals surface area contributed by atoms with Crippen LogP contribution in [0.1, 0.15) is 19.4 Å². The van der Waals surface area contributed by atoms with Crippen molar-refractivity contribution in [2.24, 2.45) is 0 Å². The minimum absolute atomic E-state index is 0.0846. The third-order valence-corrected chi connectivity index (χ3v) is 4.97. The second-order valence-corrected chi connectivity index (χ2v) is 6.38. The van der Waals surface area contributed by atoms with Gasteiger partial charge in [0.05, 0.1) is 12.2 Å². The normalized spacial score (nSPS) is 26.9. The van der Waals surface area contributed by atoms with Gasteiger partial charge in [0.15, 0.2) is 0 Å².